The average molecular weight is 311 g/mol. The number of nitrogens with one attached hydrogen (secondary N) is 1. The number of rotatable bonds is 1. The Hall–Kier alpha value is -0.870. The summed E-state index contributed by atoms with van der Waals surface area (Å²) in [5.41, 5.74) is 2.12. The molecule has 0 unspecified atom stereocenters. The molecule has 0 amide bonds. The number of halogens is 1. The fourth-order valence-corrected chi connectivity index (χ4v) is 3.01. The van der Waals surface area contributed by atoms with E-state index in [2.05, 4.69) is 48.1 Å². The van der Waals surface area contributed by atoms with E-state index < -0.39 is 0 Å². The third-order valence-electron chi connectivity index (χ3n) is 2.65. The van der Waals surface area contributed by atoms with Crippen LogP contribution in [0.2, 0.25) is 0 Å². The molecule has 0 saturated carbocycles. The van der Waals surface area contributed by atoms with Crippen LogP contribution in [0.4, 0.5) is 5.69 Å². The molecule has 1 aromatic carbocycles. The molecule has 0 radical (unpaired) electrons. The molecule has 0 aromatic heterocycles. The predicted octanol–water partition coefficient (Wildman–Crippen LogP) is 3.83. The fourth-order valence-electron chi connectivity index (χ4n) is 2.05. The Labute approximate surface area is 116 Å². The van der Waals surface area contributed by atoms with Gasteiger partial charge < -0.3 is 5.32 Å². The minimum atomic E-state index is -0.0844. The second-order valence-corrected chi connectivity index (χ2v) is 5.97. The van der Waals surface area contributed by atoms with Crippen molar-refractivity contribution in [3.8, 4) is 0 Å². The van der Waals surface area contributed by atoms with Crippen LogP contribution in [0.15, 0.2) is 40.5 Å². The lowest BCUT2D eigenvalue weighted by Crippen LogP contribution is -2.53. The summed E-state index contributed by atoms with van der Waals surface area (Å²) in [5.74, 6) is 0. The Morgan fingerprint density at radius 2 is 1.94 bits per heavy atom. The molecule has 2 nitrogen and oxygen atoms in total. The zero-order valence-electron chi connectivity index (χ0n) is 10.1. The van der Waals surface area contributed by atoms with Crippen molar-refractivity contribution in [2.75, 3.05) is 4.90 Å². The summed E-state index contributed by atoms with van der Waals surface area (Å²) >= 11 is 9.01. The first-order chi connectivity index (χ1) is 7.91. The average Bonchev–Trinajstić information content (AvgIpc) is 2.17. The van der Waals surface area contributed by atoms with Crippen molar-refractivity contribution < 1.29 is 0 Å². The number of benzene rings is 1. The van der Waals surface area contributed by atoms with Crippen LogP contribution in [0.25, 0.3) is 0 Å². The van der Waals surface area contributed by atoms with Gasteiger partial charge in [0.15, 0.2) is 5.11 Å². The molecule has 0 fully saturated rings. The second kappa shape index (κ2) is 4.42. The predicted molar refractivity (Wildman–Crippen MR) is 80.2 cm³/mol. The van der Waals surface area contributed by atoms with Gasteiger partial charge in [0.1, 0.15) is 0 Å². The lowest BCUT2D eigenvalue weighted by Gasteiger charge is -2.38. The maximum Gasteiger partial charge on any atom is 0.178 e. The minimum Gasteiger partial charge on any atom is -0.354 e. The summed E-state index contributed by atoms with van der Waals surface area (Å²) in [4.78, 5) is 2.05. The minimum absolute atomic E-state index is 0.0844. The highest BCUT2D eigenvalue weighted by Gasteiger charge is 2.28. The van der Waals surface area contributed by atoms with Crippen LogP contribution in [-0.2, 0) is 0 Å². The molecule has 1 N–H and O–H groups in total. The van der Waals surface area contributed by atoms with Gasteiger partial charge in [-0.1, -0.05) is 12.1 Å². The van der Waals surface area contributed by atoms with E-state index in [4.69, 9.17) is 12.2 Å². The van der Waals surface area contributed by atoms with Gasteiger partial charge in [-0.05, 0) is 67.1 Å². The van der Waals surface area contributed by atoms with Crippen LogP contribution in [0, 0.1) is 0 Å². The van der Waals surface area contributed by atoms with Crippen LogP contribution >= 0.6 is 28.1 Å². The molecular weight excluding hydrogens is 296 g/mol. The standard InChI is InChI=1S/C13H15BrN2S/c1-9-8-13(2,3)15-12(17)16(9)11-7-5-4-6-10(11)14/h4-8H,1-3H3,(H,15,17). The maximum absolute atomic E-state index is 5.45. The Balaban J connectivity index is 2.47. The molecule has 0 atom stereocenters. The molecule has 0 saturated heterocycles. The first-order valence-electron chi connectivity index (χ1n) is 5.47. The van der Waals surface area contributed by atoms with E-state index in [9.17, 15) is 0 Å². The highest BCUT2D eigenvalue weighted by Crippen LogP contribution is 2.31. The quantitative estimate of drug-likeness (QED) is 0.794. The van der Waals surface area contributed by atoms with Crippen molar-refractivity contribution in [3.63, 3.8) is 0 Å². The van der Waals surface area contributed by atoms with E-state index >= 15 is 0 Å². The Morgan fingerprint density at radius 3 is 2.53 bits per heavy atom. The highest BCUT2D eigenvalue weighted by atomic mass is 79.9. The van der Waals surface area contributed by atoms with Gasteiger partial charge in [-0.25, -0.2) is 0 Å². The summed E-state index contributed by atoms with van der Waals surface area (Å²) < 4.78 is 1.04. The van der Waals surface area contributed by atoms with Crippen LogP contribution in [-0.4, -0.2) is 10.7 Å². The molecule has 2 rings (SSSR count). The number of anilines is 1. The number of para-hydroxylation sites is 1. The Kier molecular flexibility index (Phi) is 3.27. The number of allylic oxidation sites excluding steroid dienone is 1. The van der Waals surface area contributed by atoms with Crippen LogP contribution in [0.1, 0.15) is 20.8 Å². The summed E-state index contributed by atoms with van der Waals surface area (Å²) in [6.07, 6.45) is 2.18. The molecule has 1 aliphatic rings. The van der Waals surface area contributed by atoms with Gasteiger partial charge in [0, 0.05) is 10.2 Å². The van der Waals surface area contributed by atoms with Crippen LogP contribution in [0.3, 0.4) is 0 Å². The van der Waals surface area contributed by atoms with Gasteiger partial charge in [0.25, 0.3) is 0 Å². The van der Waals surface area contributed by atoms with E-state index in [0.717, 1.165) is 21.0 Å². The van der Waals surface area contributed by atoms with Gasteiger partial charge in [-0.2, -0.15) is 0 Å². The Bertz CT molecular complexity index is 494. The molecule has 1 heterocycles. The lowest BCUT2D eigenvalue weighted by atomic mass is 10.0. The van der Waals surface area contributed by atoms with E-state index in [1.165, 1.54) is 0 Å². The number of nitrogens with zero attached hydrogens (tertiary/aromatic N) is 1. The molecule has 17 heavy (non-hydrogen) atoms. The smallest absolute Gasteiger partial charge is 0.178 e. The third-order valence-corrected chi connectivity index (χ3v) is 3.60. The maximum atomic E-state index is 5.45. The van der Waals surface area contributed by atoms with Crippen LogP contribution < -0.4 is 10.2 Å². The largest absolute Gasteiger partial charge is 0.354 e. The number of hydrogen-bond acceptors (Lipinski definition) is 1. The molecule has 90 valence electrons. The molecular formula is C13H15BrN2S. The topological polar surface area (TPSA) is 15.3 Å². The first kappa shape index (κ1) is 12.6. The first-order valence-corrected chi connectivity index (χ1v) is 6.67. The summed E-state index contributed by atoms with van der Waals surface area (Å²) in [7, 11) is 0. The van der Waals surface area contributed by atoms with E-state index in [1.54, 1.807) is 0 Å². The van der Waals surface area contributed by atoms with Crippen molar-refractivity contribution in [2.24, 2.45) is 0 Å². The zero-order valence-corrected chi connectivity index (χ0v) is 12.5. The van der Waals surface area contributed by atoms with Gasteiger partial charge >= 0.3 is 0 Å². The number of hydrogen-bond donors (Lipinski definition) is 1. The molecule has 0 bridgehead atoms. The molecule has 0 aliphatic carbocycles. The Morgan fingerprint density at radius 1 is 1.29 bits per heavy atom. The van der Waals surface area contributed by atoms with Crippen molar-refractivity contribution in [2.45, 2.75) is 26.3 Å². The summed E-state index contributed by atoms with van der Waals surface area (Å²) in [5, 5.41) is 4.06. The molecule has 1 aliphatic heterocycles. The second-order valence-electron chi connectivity index (χ2n) is 4.72. The SMILES string of the molecule is CC1=CC(C)(C)NC(=S)N1c1ccccc1Br. The van der Waals surface area contributed by atoms with Crippen molar-refractivity contribution in [1.29, 1.82) is 0 Å². The van der Waals surface area contributed by atoms with E-state index in [0.29, 0.717) is 0 Å². The summed E-state index contributed by atoms with van der Waals surface area (Å²) in [6, 6.07) is 8.07. The normalized spacial score (nSPS) is 18.7. The van der Waals surface area contributed by atoms with E-state index in [-0.39, 0.29) is 5.54 Å². The van der Waals surface area contributed by atoms with Gasteiger partial charge in [0.2, 0.25) is 0 Å². The van der Waals surface area contributed by atoms with Crippen molar-refractivity contribution in [3.05, 3.63) is 40.5 Å². The van der Waals surface area contributed by atoms with E-state index in [1.807, 2.05) is 29.2 Å². The van der Waals surface area contributed by atoms with Gasteiger partial charge in [-0.3, -0.25) is 4.90 Å². The molecule has 0 spiro atoms. The van der Waals surface area contributed by atoms with Crippen LogP contribution in [0.5, 0.6) is 0 Å². The zero-order chi connectivity index (χ0) is 12.6. The number of thiocarbonyl (C=S) groups is 1. The third kappa shape index (κ3) is 2.53. The monoisotopic (exact) mass is 310 g/mol. The molecule has 1 aromatic rings. The van der Waals surface area contributed by atoms with Crippen molar-refractivity contribution in [1.82, 2.24) is 5.32 Å². The highest BCUT2D eigenvalue weighted by molar-refractivity contribution is 9.10. The van der Waals surface area contributed by atoms with Crippen molar-refractivity contribution >= 4 is 38.9 Å². The lowest BCUT2D eigenvalue weighted by molar-refractivity contribution is 0.560. The van der Waals surface area contributed by atoms with Gasteiger partial charge in [-0.15, -0.1) is 0 Å². The summed E-state index contributed by atoms with van der Waals surface area (Å²) in [6.45, 7) is 6.30. The fraction of sp³-hybridized carbons (Fsp3) is 0.308. The molecule has 4 heteroatoms. The van der Waals surface area contributed by atoms with Gasteiger partial charge in [0.05, 0.1) is 11.2 Å².